The molecule has 5 nitrogen and oxygen atoms in total. The number of anilines is 1. The molecule has 2 aliphatic rings. The fourth-order valence-corrected chi connectivity index (χ4v) is 4.52. The number of hydrogen-bond acceptors (Lipinski definition) is 5. The lowest BCUT2D eigenvalue weighted by Gasteiger charge is -2.44. The molecule has 0 saturated carbocycles. The molecule has 2 heterocycles. The molecule has 0 bridgehead atoms. The van der Waals surface area contributed by atoms with Crippen LogP contribution in [-0.2, 0) is 6.54 Å². The molecule has 2 aromatic rings. The van der Waals surface area contributed by atoms with Crippen LogP contribution in [0.25, 0.3) is 0 Å². The number of phenolic OH excluding ortho intramolecular Hbond substituents is 1. The molecule has 2 aliphatic heterocycles. The summed E-state index contributed by atoms with van der Waals surface area (Å²) in [5, 5.41) is 10.3. The Morgan fingerprint density at radius 1 is 1.03 bits per heavy atom. The third kappa shape index (κ3) is 4.82. The normalized spacial score (nSPS) is 21.3. The standard InChI is InChI=1S/C23H30FN3O2/c1-29-22-9-4-18(23(28)15-22)16-25-10-2-3-21(17-25)27-13-11-26(12-14-27)20-7-5-19(24)6-8-20/h4-9,15,21,28H,2-3,10-14,16-17H2,1H3/t21-/m1/s1. The maximum atomic E-state index is 13.2. The highest BCUT2D eigenvalue weighted by atomic mass is 19.1. The van der Waals surface area contributed by atoms with Gasteiger partial charge >= 0.3 is 0 Å². The number of piperidine rings is 1. The molecule has 0 aliphatic carbocycles. The molecule has 2 fully saturated rings. The number of hydrogen-bond donors (Lipinski definition) is 1. The topological polar surface area (TPSA) is 39.2 Å². The van der Waals surface area contributed by atoms with E-state index in [0.717, 1.165) is 57.1 Å². The highest BCUT2D eigenvalue weighted by molar-refractivity contribution is 5.46. The van der Waals surface area contributed by atoms with E-state index in [1.807, 2.05) is 24.3 Å². The summed E-state index contributed by atoms with van der Waals surface area (Å²) >= 11 is 0. The van der Waals surface area contributed by atoms with Gasteiger partial charge in [-0.2, -0.15) is 0 Å². The van der Waals surface area contributed by atoms with Crippen LogP contribution in [0.15, 0.2) is 42.5 Å². The summed E-state index contributed by atoms with van der Waals surface area (Å²) in [6.45, 7) is 6.87. The van der Waals surface area contributed by atoms with Gasteiger partial charge in [0.1, 0.15) is 17.3 Å². The second-order valence-electron chi connectivity index (χ2n) is 8.03. The van der Waals surface area contributed by atoms with Gasteiger partial charge in [0.15, 0.2) is 0 Å². The van der Waals surface area contributed by atoms with Crippen LogP contribution in [0.2, 0.25) is 0 Å². The zero-order valence-electron chi connectivity index (χ0n) is 17.1. The predicted octanol–water partition coefficient (Wildman–Crippen LogP) is 3.33. The van der Waals surface area contributed by atoms with Gasteiger partial charge in [0, 0.05) is 62.6 Å². The van der Waals surface area contributed by atoms with Gasteiger partial charge in [0.05, 0.1) is 7.11 Å². The van der Waals surface area contributed by atoms with Gasteiger partial charge in [0.25, 0.3) is 0 Å². The largest absolute Gasteiger partial charge is 0.507 e. The molecule has 0 aromatic heterocycles. The summed E-state index contributed by atoms with van der Waals surface area (Å²) < 4.78 is 18.3. The van der Waals surface area contributed by atoms with Gasteiger partial charge in [0.2, 0.25) is 0 Å². The number of likely N-dealkylation sites (tertiary alicyclic amines) is 1. The minimum Gasteiger partial charge on any atom is -0.507 e. The Kier molecular flexibility index (Phi) is 6.21. The predicted molar refractivity (Wildman–Crippen MR) is 113 cm³/mol. The van der Waals surface area contributed by atoms with E-state index in [9.17, 15) is 9.50 Å². The monoisotopic (exact) mass is 399 g/mol. The van der Waals surface area contributed by atoms with Crippen LogP contribution < -0.4 is 9.64 Å². The average molecular weight is 400 g/mol. The molecule has 1 atom stereocenters. The highest BCUT2D eigenvalue weighted by Gasteiger charge is 2.28. The zero-order chi connectivity index (χ0) is 20.2. The van der Waals surface area contributed by atoms with Gasteiger partial charge < -0.3 is 14.7 Å². The van der Waals surface area contributed by atoms with Crippen molar-refractivity contribution in [3.05, 3.63) is 53.8 Å². The van der Waals surface area contributed by atoms with Gasteiger partial charge in [-0.1, -0.05) is 6.07 Å². The smallest absolute Gasteiger partial charge is 0.123 e. The Hall–Kier alpha value is -2.31. The van der Waals surface area contributed by atoms with Gasteiger partial charge in [-0.3, -0.25) is 9.80 Å². The average Bonchev–Trinajstić information content (AvgIpc) is 2.76. The fourth-order valence-electron chi connectivity index (χ4n) is 4.52. The van der Waals surface area contributed by atoms with Gasteiger partial charge in [-0.05, 0) is 49.7 Å². The second-order valence-corrected chi connectivity index (χ2v) is 8.03. The number of nitrogens with zero attached hydrogens (tertiary/aromatic N) is 3. The molecule has 0 amide bonds. The van der Waals surface area contributed by atoms with Crippen molar-refractivity contribution in [2.45, 2.75) is 25.4 Å². The van der Waals surface area contributed by atoms with Crippen molar-refractivity contribution in [1.29, 1.82) is 0 Å². The van der Waals surface area contributed by atoms with Crippen molar-refractivity contribution >= 4 is 5.69 Å². The van der Waals surface area contributed by atoms with Crippen LogP contribution >= 0.6 is 0 Å². The first-order valence-corrected chi connectivity index (χ1v) is 10.4. The van der Waals surface area contributed by atoms with Crippen LogP contribution in [0.3, 0.4) is 0 Å². The first-order chi connectivity index (χ1) is 14.1. The molecule has 0 radical (unpaired) electrons. The molecule has 0 spiro atoms. The van der Waals surface area contributed by atoms with Crippen molar-refractivity contribution in [3.63, 3.8) is 0 Å². The number of halogens is 1. The highest BCUT2D eigenvalue weighted by Crippen LogP contribution is 2.27. The molecule has 0 unspecified atom stereocenters. The summed E-state index contributed by atoms with van der Waals surface area (Å²) in [6, 6.07) is 12.9. The molecule has 1 N–H and O–H groups in total. The van der Waals surface area contributed by atoms with E-state index in [1.165, 1.54) is 25.0 Å². The SMILES string of the molecule is COc1ccc(CN2CCC[C@@H](N3CCN(c4ccc(F)cc4)CC3)C2)c(O)c1. The molecular formula is C23H30FN3O2. The van der Waals surface area contributed by atoms with E-state index in [1.54, 1.807) is 13.2 Å². The van der Waals surface area contributed by atoms with Crippen molar-refractivity contribution in [2.24, 2.45) is 0 Å². The zero-order valence-corrected chi connectivity index (χ0v) is 17.1. The molecule has 2 aromatic carbocycles. The molecule has 2 saturated heterocycles. The number of ether oxygens (including phenoxy) is 1. The number of aromatic hydroxyl groups is 1. The Labute approximate surface area is 172 Å². The van der Waals surface area contributed by atoms with Gasteiger partial charge in [-0.15, -0.1) is 0 Å². The van der Waals surface area contributed by atoms with E-state index >= 15 is 0 Å². The van der Waals surface area contributed by atoms with Crippen LogP contribution in [-0.4, -0.2) is 67.3 Å². The minimum atomic E-state index is -0.183. The quantitative estimate of drug-likeness (QED) is 0.835. The van der Waals surface area contributed by atoms with E-state index < -0.39 is 0 Å². The van der Waals surface area contributed by atoms with Crippen molar-refractivity contribution in [3.8, 4) is 11.5 Å². The van der Waals surface area contributed by atoms with E-state index in [0.29, 0.717) is 17.5 Å². The molecule has 6 heteroatoms. The van der Waals surface area contributed by atoms with Crippen LogP contribution in [0.1, 0.15) is 18.4 Å². The second kappa shape index (κ2) is 9.01. The number of methoxy groups -OCH3 is 1. The minimum absolute atomic E-state index is 0.183. The molecule has 156 valence electrons. The number of piperazine rings is 1. The van der Waals surface area contributed by atoms with Crippen LogP contribution in [0.5, 0.6) is 11.5 Å². The van der Waals surface area contributed by atoms with E-state index in [2.05, 4.69) is 14.7 Å². The summed E-state index contributed by atoms with van der Waals surface area (Å²) in [5.74, 6) is 0.804. The van der Waals surface area contributed by atoms with Crippen LogP contribution in [0, 0.1) is 5.82 Å². The summed E-state index contributed by atoms with van der Waals surface area (Å²) in [4.78, 5) is 7.38. The first-order valence-electron chi connectivity index (χ1n) is 10.4. The van der Waals surface area contributed by atoms with Crippen molar-refractivity contribution < 1.29 is 14.2 Å². The molecular weight excluding hydrogens is 369 g/mol. The third-order valence-corrected chi connectivity index (χ3v) is 6.19. The third-order valence-electron chi connectivity index (χ3n) is 6.19. The lowest BCUT2D eigenvalue weighted by molar-refractivity contribution is 0.0883. The Morgan fingerprint density at radius 3 is 2.48 bits per heavy atom. The summed E-state index contributed by atoms with van der Waals surface area (Å²) in [6.07, 6.45) is 2.40. The summed E-state index contributed by atoms with van der Waals surface area (Å²) in [7, 11) is 1.61. The molecule has 4 rings (SSSR count). The van der Waals surface area contributed by atoms with E-state index in [-0.39, 0.29) is 5.82 Å². The summed E-state index contributed by atoms with van der Waals surface area (Å²) in [5.41, 5.74) is 2.05. The fraction of sp³-hybridized carbons (Fsp3) is 0.478. The van der Waals surface area contributed by atoms with Gasteiger partial charge in [-0.25, -0.2) is 4.39 Å². The van der Waals surface area contributed by atoms with E-state index in [4.69, 9.17) is 4.74 Å². The lowest BCUT2D eigenvalue weighted by atomic mass is 10.0. The Morgan fingerprint density at radius 2 is 1.79 bits per heavy atom. The maximum absolute atomic E-state index is 13.2. The number of phenols is 1. The van der Waals surface area contributed by atoms with Crippen molar-refractivity contribution in [2.75, 3.05) is 51.3 Å². The van der Waals surface area contributed by atoms with Crippen LogP contribution in [0.4, 0.5) is 10.1 Å². The molecule has 29 heavy (non-hydrogen) atoms. The maximum Gasteiger partial charge on any atom is 0.123 e. The Bertz CT molecular complexity index is 806. The lowest BCUT2D eigenvalue weighted by Crippen LogP contribution is -2.55. The number of rotatable bonds is 5. The number of benzene rings is 2. The Balaban J connectivity index is 1.31. The van der Waals surface area contributed by atoms with Crippen molar-refractivity contribution in [1.82, 2.24) is 9.80 Å². The first kappa shape index (κ1) is 20.0.